The van der Waals surface area contributed by atoms with Gasteiger partial charge in [0.15, 0.2) is 5.82 Å². The summed E-state index contributed by atoms with van der Waals surface area (Å²) < 4.78 is 1.38. The summed E-state index contributed by atoms with van der Waals surface area (Å²) in [6.45, 7) is 4.92. The van der Waals surface area contributed by atoms with Gasteiger partial charge in [-0.1, -0.05) is 20.3 Å². The number of tetrazole rings is 1. The Bertz CT molecular complexity index is 389. The number of unbranched alkanes of at least 4 members (excludes halogenated alkanes) is 1. The zero-order chi connectivity index (χ0) is 13.6. The Morgan fingerprint density at radius 2 is 2.22 bits per heavy atom. The van der Waals surface area contributed by atoms with Gasteiger partial charge < -0.3 is 5.73 Å². The third-order valence-electron chi connectivity index (χ3n) is 3.08. The predicted molar refractivity (Wildman–Crippen MR) is 72.0 cm³/mol. The second-order valence-corrected chi connectivity index (χ2v) is 5.46. The van der Waals surface area contributed by atoms with E-state index in [4.69, 9.17) is 5.73 Å². The van der Waals surface area contributed by atoms with Crippen LogP contribution in [0, 0.1) is 0 Å². The smallest absolute Gasteiger partial charge is 0.219 e. The molecule has 0 radical (unpaired) electrons. The number of primary amides is 1. The van der Waals surface area contributed by atoms with Gasteiger partial charge in [0.05, 0.1) is 4.75 Å². The molecule has 1 rings (SSSR count). The monoisotopic (exact) mass is 271 g/mol. The molecule has 7 heteroatoms. The van der Waals surface area contributed by atoms with Gasteiger partial charge in [0.2, 0.25) is 5.91 Å². The van der Waals surface area contributed by atoms with E-state index in [1.54, 1.807) is 16.4 Å². The van der Waals surface area contributed by atoms with E-state index in [1.165, 1.54) is 0 Å². The van der Waals surface area contributed by atoms with E-state index in [1.807, 2.05) is 13.2 Å². The van der Waals surface area contributed by atoms with Crippen molar-refractivity contribution in [3.8, 4) is 0 Å². The Hall–Kier alpha value is -1.11. The van der Waals surface area contributed by atoms with E-state index in [0.717, 1.165) is 31.6 Å². The van der Waals surface area contributed by atoms with Crippen LogP contribution < -0.4 is 5.73 Å². The lowest BCUT2D eigenvalue weighted by Gasteiger charge is -2.28. The molecule has 0 aliphatic rings. The summed E-state index contributed by atoms with van der Waals surface area (Å²) in [6.07, 6.45) is 5.09. The van der Waals surface area contributed by atoms with Crippen molar-refractivity contribution in [2.24, 2.45) is 5.73 Å². The standard InChI is InChI=1S/C11H21N5OS/c1-4-6-7-16-10(13-14-15-16)11(5-2,18-3)8-9(12)17/h4-8H2,1-3H3,(H2,12,17). The summed E-state index contributed by atoms with van der Waals surface area (Å²) in [7, 11) is 0. The fourth-order valence-corrected chi connectivity index (χ4v) is 2.84. The second kappa shape index (κ2) is 6.72. The van der Waals surface area contributed by atoms with Crippen molar-refractivity contribution < 1.29 is 4.79 Å². The summed E-state index contributed by atoms with van der Waals surface area (Å²) in [4.78, 5) is 11.3. The van der Waals surface area contributed by atoms with Gasteiger partial charge in [-0.25, -0.2) is 4.68 Å². The van der Waals surface area contributed by atoms with Gasteiger partial charge in [-0.15, -0.1) is 16.9 Å². The van der Waals surface area contributed by atoms with Crippen molar-refractivity contribution in [3.63, 3.8) is 0 Å². The number of nitrogens with zero attached hydrogens (tertiary/aromatic N) is 4. The molecule has 0 spiro atoms. The minimum Gasteiger partial charge on any atom is -0.370 e. The van der Waals surface area contributed by atoms with E-state index in [9.17, 15) is 4.79 Å². The van der Waals surface area contributed by atoms with Crippen LogP contribution in [0.5, 0.6) is 0 Å². The highest BCUT2D eigenvalue weighted by molar-refractivity contribution is 7.99. The van der Waals surface area contributed by atoms with Crippen molar-refractivity contribution >= 4 is 17.7 Å². The number of rotatable bonds is 8. The molecule has 102 valence electrons. The first kappa shape index (κ1) is 14.9. The second-order valence-electron chi connectivity index (χ2n) is 4.27. The third-order valence-corrected chi connectivity index (χ3v) is 4.48. The summed E-state index contributed by atoms with van der Waals surface area (Å²) >= 11 is 1.59. The summed E-state index contributed by atoms with van der Waals surface area (Å²) in [6, 6.07) is 0. The van der Waals surface area contributed by atoms with Crippen LogP contribution in [0.1, 0.15) is 45.4 Å². The maximum atomic E-state index is 11.3. The summed E-state index contributed by atoms with van der Waals surface area (Å²) in [5, 5.41) is 11.9. The largest absolute Gasteiger partial charge is 0.370 e. The Morgan fingerprint density at radius 1 is 1.50 bits per heavy atom. The molecule has 1 heterocycles. The van der Waals surface area contributed by atoms with Crippen LogP contribution in [0.25, 0.3) is 0 Å². The van der Waals surface area contributed by atoms with Crippen LogP contribution in [0.3, 0.4) is 0 Å². The van der Waals surface area contributed by atoms with E-state index in [-0.39, 0.29) is 12.3 Å². The maximum Gasteiger partial charge on any atom is 0.219 e. The van der Waals surface area contributed by atoms with Crippen molar-refractivity contribution in [2.75, 3.05) is 6.26 Å². The van der Waals surface area contributed by atoms with Gasteiger partial charge in [-0.2, -0.15) is 0 Å². The molecular formula is C11H21N5OS. The molecule has 0 aromatic carbocycles. The number of amides is 1. The minimum absolute atomic E-state index is 0.261. The fraction of sp³-hybridized carbons (Fsp3) is 0.818. The van der Waals surface area contributed by atoms with Gasteiger partial charge in [-0.05, 0) is 29.5 Å². The number of aryl methyl sites for hydroxylation is 1. The lowest BCUT2D eigenvalue weighted by Crippen LogP contribution is -2.32. The molecule has 1 atom stereocenters. The van der Waals surface area contributed by atoms with Gasteiger partial charge in [-0.3, -0.25) is 4.79 Å². The number of carbonyl (C=O) groups excluding carboxylic acids is 1. The number of aromatic nitrogens is 4. The maximum absolute atomic E-state index is 11.3. The van der Waals surface area contributed by atoms with Crippen molar-refractivity contribution in [3.05, 3.63) is 5.82 Å². The number of hydrogen-bond acceptors (Lipinski definition) is 5. The summed E-state index contributed by atoms with van der Waals surface area (Å²) in [5.41, 5.74) is 5.36. The molecule has 0 fully saturated rings. The quantitative estimate of drug-likeness (QED) is 0.770. The Balaban J connectivity index is 3.05. The van der Waals surface area contributed by atoms with E-state index in [0.29, 0.717) is 0 Å². The SMILES string of the molecule is CCCCn1nnnc1C(CC)(CC(N)=O)SC. The lowest BCUT2D eigenvalue weighted by atomic mass is 9.99. The average molecular weight is 271 g/mol. The Labute approximate surface area is 112 Å². The predicted octanol–water partition coefficient (Wildman–Crippen LogP) is 1.32. The first-order valence-electron chi connectivity index (χ1n) is 6.19. The number of nitrogens with two attached hydrogens (primary N) is 1. The highest BCUT2D eigenvalue weighted by Crippen LogP contribution is 2.39. The van der Waals surface area contributed by atoms with E-state index < -0.39 is 4.75 Å². The zero-order valence-corrected chi connectivity index (χ0v) is 12.0. The van der Waals surface area contributed by atoms with Gasteiger partial charge >= 0.3 is 0 Å². The third kappa shape index (κ3) is 3.22. The van der Waals surface area contributed by atoms with Crippen molar-refractivity contribution in [1.29, 1.82) is 0 Å². The molecule has 2 N–H and O–H groups in total. The normalized spacial score (nSPS) is 14.4. The van der Waals surface area contributed by atoms with Gasteiger partial charge in [0.1, 0.15) is 0 Å². The molecule has 1 amide bonds. The molecule has 6 nitrogen and oxygen atoms in total. The molecule has 0 saturated heterocycles. The van der Waals surface area contributed by atoms with E-state index in [2.05, 4.69) is 22.4 Å². The number of hydrogen-bond donors (Lipinski definition) is 1. The van der Waals surface area contributed by atoms with Crippen LogP contribution >= 0.6 is 11.8 Å². The lowest BCUT2D eigenvalue weighted by molar-refractivity contribution is -0.118. The highest BCUT2D eigenvalue weighted by atomic mass is 32.2. The topological polar surface area (TPSA) is 86.7 Å². The number of thioether (sulfide) groups is 1. The zero-order valence-electron chi connectivity index (χ0n) is 11.2. The molecular weight excluding hydrogens is 250 g/mol. The van der Waals surface area contributed by atoms with Gasteiger partial charge in [0.25, 0.3) is 0 Å². The fourth-order valence-electron chi connectivity index (χ4n) is 1.94. The first-order chi connectivity index (χ1) is 8.59. The van der Waals surface area contributed by atoms with Crippen molar-refractivity contribution in [1.82, 2.24) is 20.2 Å². The summed E-state index contributed by atoms with van der Waals surface area (Å²) in [5.74, 6) is 0.431. The molecule has 0 aliphatic heterocycles. The molecule has 1 unspecified atom stereocenters. The molecule has 1 aromatic rings. The van der Waals surface area contributed by atoms with Crippen LogP contribution in [0.2, 0.25) is 0 Å². The molecule has 0 bridgehead atoms. The first-order valence-corrected chi connectivity index (χ1v) is 7.42. The van der Waals surface area contributed by atoms with Crippen molar-refractivity contribution in [2.45, 2.75) is 50.8 Å². The number of carbonyl (C=O) groups is 1. The van der Waals surface area contributed by atoms with Crippen LogP contribution in [0.15, 0.2) is 0 Å². The van der Waals surface area contributed by atoms with Crippen LogP contribution in [-0.4, -0.2) is 32.4 Å². The van der Waals surface area contributed by atoms with Crippen LogP contribution in [0.4, 0.5) is 0 Å². The Morgan fingerprint density at radius 3 is 2.72 bits per heavy atom. The van der Waals surface area contributed by atoms with Gasteiger partial charge in [0, 0.05) is 13.0 Å². The average Bonchev–Trinajstić information content (AvgIpc) is 2.82. The molecule has 1 aromatic heterocycles. The Kier molecular flexibility index (Phi) is 5.58. The molecule has 0 saturated carbocycles. The minimum atomic E-state index is -0.414. The highest BCUT2D eigenvalue weighted by Gasteiger charge is 2.36. The van der Waals surface area contributed by atoms with Crippen LogP contribution in [-0.2, 0) is 16.1 Å². The molecule has 18 heavy (non-hydrogen) atoms. The molecule has 0 aliphatic carbocycles. The van der Waals surface area contributed by atoms with E-state index >= 15 is 0 Å².